The number of anilines is 1. The Labute approximate surface area is 164 Å². The average Bonchev–Trinajstić information content (AvgIpc) is 3.02. The Bertz CT molecular complexity index is 1180. The second-order valence-corrected chi connectivity index (χ2v) is 8.24. The Morgan fingerprint density at radius 1 is 1.17 bits per heavy atom. The summed E-state index contributed by atoms with van der Waals surface area (Å²) >= 11 is 0. The second kappa shape index (κ2) is 7.43. The molecule has 1 heterocycles. The van der Waals surface area contributed by atoms with Crippen molar-refractivity contribution in [2.45, 2.75) is 23.7 Å². The number of halogens is 3. The molecule has 0 spiro atoms. The van der Waals surface area contributed by atoms with E-state index < -0.39 is 26.1 Å². The van der Waals surface area contributed by atoms with Gasteiger partial charge in [0.15, 0.2) is 0 Å². The Kier molecular flexibility index (Phi) is 5.31. The van der Waals surface area contributed by atoms with Gasteiger partial charge in [-0.2, -0.15) is 13.2 Å². The van der Waals surface area contributed by atoms with E-state index in [-0.39, 0.29) is 17.9 Å². The van der Waals surface area contributed by atoms with Crippen LogP contribution in [-0.4, -0.2) is 26.9 Å². The summed E-state index contributed by atoms with van der Waals surface area (Å²) < 4.78 is 72.1. The summed E-state index contributed by atoms with van der Waals surface area (Å²) in [5.74, 6) is -0.555. The normalized spacial score (nSPS) is 12.2. The minimum Gasteiger partial charge on any atom is -0.495 e. The highest BCUT2D eigenvalue weighted by molar-refractivity contribution is 7.92. The van der Waals surface area contributed by atoms with Crippen molar-refractivity contribution in [2.24, 2.45) is 0 Å². The first-order chi connectivity index (χ1) is 13.5. The van der Waals surface area contributed by atoms with E-state index in [0.717, 1.165) is 29.1 Å². The molecule has 0 saturated carbocycles. The quantitative estimate of drug-likeness (QED) is 0.659. The zero-order chi connectivity index (χ0) is 21.4. The largest absolute Gasteiger partial charge is 0.501 e. The van der Waals surface area contributed by atoms with E-state index in [0.29, 0.717) is 11.1 Å². The van der Waals surface area contributed by atoms with Gasteiger partial charge in [0.25, 0.3) is 9.84 Å². The predicted molar refractivity (Wildman–Crippen MR) is 99.5 cm³/mol. The van der Waals surface area contributed by atoms with Gasteiger partial charge in [-0.1, -0.05) is 12.1 Å². The zero-order valence-corrected chi connectivity index (χ0v) is 16.1. The molecular formula is C19H16F3NO5S. The Morgan fingerprint density at radius 3 is 2.55 bits per heavy atom. The summed E-state index contributed by atoms with van der Waals surface area (Å²) in [5.41, 5.74) is -3.49. The first kappa shape index (κ1) is 20.7. The van der Waals surface area contributed by atoms with Gasteiger partial charge in [0.1, 0.15) is 11.3 Å². The van der Waals surface area contributed by atoms with Gasteiger partial charge in [-0.15, -0.1) is 0 Å². The Balaban J connectivity index is 1.88. The predicted octanol–water partition coefficient (Wildman–Crippen LogP) is 4.22. The van der Waals surface area contributed by atoms with Gasteiger partial charge in [-0.3, -0.25) is 4.79 Å². The number of methoxy groups -OCH3 is 1. The van der Waals surface area contributed by atoms with Gasteiger partial charge in [-0.25, -0.2) is 8.42 Å². The number of amides is 1. The van der Waals surface area contributed by atoms with E-state index in [9.17, 15) is 26.4 Å². The maximum atomic E-state index is 12.8. The molecule has 0 fully saturated rings. The summed E-state index contributed by atoms with van der Waals surface area (Å²) in [7, 11) is -4.32. The number of furan rings is 1. The van der Waals surface area contributed by atoms with Gasteiger partial charge < -0.3 is 14.5 Å². The first-order valence-electron chi connectivity index (χ1n) is 8.29. The van der Waals surface area contributed by atoms with Crippen LogP contribution >= 0.6 is 0 Å². The van der Waals surface area contributed by atoms with Crippen LogP contribution in [0.5, 0.6) is 5.75 Å². The highest BCUT2D eigenvalue weighted by Gasteiger charge is 2.47. The zero-order valence-electron chi connectivity index (χ0n) is 15.3. The van der Waals surface area contributed by atoms with E-state index >= 15 is 0 Å². The van der Waals surface area contributed by atoms with Crippen LogP contribution in [0.3, 0.4) is 0 Å². The van der Waals surface area contributed by atoms with Crippen molar-refractivity contribution in [3.05, 3.63) is 53.8 Å². The molecule has 29 heavy (non-hydrogen) atoms. The van der Waals surface area contributed by atoms with Crippen LogP contribution in [0, 0.1) is 6.92 Å². The number of alkyl halides is 3. The molecule has 0 atom stereocenters. The monoisotopic (exact) mass is 427 g/mol. The van der Waals surface area contributed by atoms with Crippen molar-refractivity contribution in [1.82, 2.24) is 0 Å². The van der Waals surface area contributed by atoms with E-state index in [1.165, 1.54) is 13.4 Å². The van der Waals surface area contributed by atoms with Crippen molar-refractivity contribution in [3.63, 3.8) is 0 Å². The first-order valence-corrected chi connectivity index (χ1v) is 9.77. The summed E-state index contributed by atoms with van der Waals surface area (Å²) in [6.07, 6.45) is 1.29. The Morgan fingerprint density at radius 2 is 1.90 bits per heavy atom. The molecule has 0 bridgehead atoms. The second-order valence-electron chi connectivity index (χ2n) is 6.30. The molecule has 6 nitrogen and oxygen atoms in total. The number of rotatable bonds is 5. The van der Waals surface area contributed by atoms with Crippen molar-refractivity contribution in [3.8, 4) is 5.75 Å². The number of hydrogen-bond acceptors (Lipinski definition) is 5. The lowest BCUT2D eigenvalue weighted by atomic mass is 10.1. The molecule has 0 saturated heterocycles. The third-order valence-corrected chi connectivity index (χ3v) is 5.71. The molecule has 10 heteroatoms. The van der Waals surface area contributed by atoms with Crippen molar-refractivity contribution in [1.29, 1.82) is 0 Å². The number of fused-ring (bicyclic) bond motifs is 1. The topological polar surface area (TPSA) is 85.6 Å². The van der Waals surface area contributed by atoms with E-state index in [4.69, 9.17) is 9.15 Å². The standard InChI is InChI=1S/C19H16F3NO5S/c1-11-3-5-14-12(10-28-17(14)7-11)8-18(24)23-15-9-13(4-6-16(15)27-2)29(25,26)19(20,21)22/h3-7,9-10H,8H2,1-2H3,(H,23,24). The minimum absolute atomic E-state index is 0.0205. The fourth-order valence-corrected chi connectivity index (χ4v) is 3.57. The van der Waals surface area contributed by atoms with Crippen LogP contribution in [0.15, 0.2) is 52.0 Å². The molecule has 1 aromatic heterocycles. The smallest absolute Gasteiger partial charge is 0.495 e. The van der Waals surface area contributed by atoms with E-state index in [1.54, 1.807) is 6.07 Å². The Hall–Kier alpha value is -3.01. The molecule has 154 valence electrons. The lowest BCUT2D eigenvalue weighted by Gasteiger charge is -2.13. The molecule has 1 N–H and O–H groups in total. The minimum atomic E-state index is -5.56. The van der Waals surface area contributed by atoms with Crippen molar-refractivity contribution < 1.29 is 35.5 Å². The molecule has 3 aromatic rings. The van der Waals surface area contributed by atoms with Crippen LogP contribution in [-0.2, 0) is 21.1 Å². The number of benzene rings is 2. The van der Waals surface area contributed by atoms with Crippen molar-refractivity contribution >= 4 is 32.4 Å². The van der Waals surface area contributed by atoms with Crippen LogP contribution in [0.1, 0.15) is 11.1 Å². The van der Waals surface area contributed by atoms with E-state index in [1.807, 2.05) is 19.1 Å². The fourth-order valence-electron chi connectivity index (χ4n) is 2.78. The highest BCUT2D eigenvalue weighted by atomic mass is 32.2. The van der Waals surface area contributed by atoms with Gasteiger partial charge in [-0.05, 0) is 36.8 Å². The number of hydrogen-bond donors (Lipinski definition) is 1. The summed E-state index contributed by atoms with van der Waals surface area (Å²) in [4.78, 5) is 11.4. The molecular weight excluding hydrogens is 411 g/mol. The third kappa shape index (κ3) is 4.07. The van der Waals surface area contributed by atoms with Crippen LogP contribution in [0.25, 0.3) is 11.0 Å². The maximum absolute atomic E-state index is 12.8. The molecule has 2 aromatic carbocycles. The molecule has 0 aliphatic heterocycles. The van der Waals surface area contributed by atoms with Gasteiger partial charge in [0.2, 0.25) is 5.91 Å². The lowest BCUT2D eigenvalue weighted by Crippen LogP contribution is -2.23. The molecule has 3 rings (SSSR count). The van der Waals surface area contributed by atoms with Gasteiger partial charge in [0.05, 0.1) is 30.4 Å². The van der Waals surface area contributed by atoms with Gasteiger partial charge in [0, 0.05) is 10.9 Å². The lowest BCUT2D eigenvalue weighted by molar-refractivity contribution is -0.115. The van der Waals surface area contributed by atoms with Crippen molar-refractivity contribution in [2.75, 3.05) is 12.4 Å². The number of carbonyl (C=O) groups is 1. The average molecular weight is 427 g/mol. The number of sulfone groups is 1. The fraction of sp³-hybridized carbons (Fsp3) is 0.211. The highest BCUT2D eigenvalue weighted by Crippen LogP contribution is 2.35. The maximum Gasteiger partial charge on any atom is 0.501 e. The molecule has 0 unspecified atom stereocenters. The van der Waals surface area contributed by atoms with Gasteiger partial charge >= 0.3 is 5.51 Å². The van der Waals surface area contributed by atoms with E-state index in [2.05, 4.69) is 5.32 Å². The molecule has 0 radical (unpaired) electrons. The summed E-state index contributed by atoms with van der Waals surface area (Å²) in [5, 5.41) is 3.13. The number of ether oxygens (including phenoxy) is 1. The summed E-state index contributed by atoms with van der Waals surface area (Å²) in [6.45, 7) is 1.89. The summed E-state index contributed by atoms with van der Waals surface area (Å²) in [6, 6.07) is 8.00. The number of nitrogens with one attached hydrogen (secondary N) is 1. The molecule has 0 aliphatic rings. The molecule has 0 aliphatic carbocycles. The third-order valence-electron chi connectivity index (χ3n) is 4.22. The van der Waals surface area contributed by atoms with Crippen LogP contribution < -0.4 is 10.1 Å². The SMILES string of the molecule is COc1ccc(S(=O)(=O)C(F)(F)F)cc1NC(=O)Cc1coc2cc(C)ccc12. The number of aryl methyl sites for hydroxylation is 1. The van der Waals surface area contributed by atoms with Crippen LogP contribution in [0.4, 0.5) is 18.9 Å². The number of carbonyl (C=O) groups excluding carboxylic acids is 1. The van der Waals surface area contributed by atoms with Crippen LogP contribution in [0.2, 0.25) is 0 Å². The molecule has 1 amide bonds.